The molecule has 0 radical (unpaired) electrons. The highest BCUT2D eigenvalue weighted by Gasteiger charge is 2.03. The van der Waals surface area contributed by atoms with Crippen LogP contribution in [-0.2, 0) is 0 Å². The molecule has 0 amide bonds. The van der Waals surface area contributed by atoms with Gasteiger partial charge in [0.1, 0.15) is 11.3 Å². The first-order valence-electron chi connectivity index (χ1n) is 4.50. The molecule has 0 fully saturated rings. The van der Waals surface area contributed by atoms with E-state index in [4.69, 9.17) is 9.15 Å². The van der Waals surface area contributed by atoms with E-state index in [1.54, 1.807) is 12.1 Å². The van der Waals surface area contributed by atoms with Gasteiger partial charge in [0, 0.05) is 6.07 Å². The van der Waals surface area contributed by atoms with Crippen LogP contribution in [0.4, 0.5) is 0 Å². The van der Waals surface area contributed by atoms with Crippen LogP contribution in [0.1, 0.15) is 6.92 Å². The van der Waals surface area contributed by atoms with Crippen molar-refractivity contribution in [3.8, 4) is 5.75 Å². The first-order valence-corrected chi connectivity index (χ1v) is 4.50. The number of ether oxygens (including phenoxy) is 1. The van der Waals surface area contributed by atoms with Crippen molar-refractivity contribution in [1.82, 2.24) is 4.98 Å². The fraction of sp³-hybridized carbons (Fsp3) is 0.200. The topological polar surface area (TPSA) is 72.3 Å². The standard InChI is InChI=1S/C10H9NO4/c1-2-14-6-3-4-7-8(5-6)15-10(13)11-9(7)12/h3-5H,2H2,1H3,(H,11,12,13). The number of fused-ring (bicyclic) bond motifs is 1. The maximum atomic E-state index is 11.3. The SMILES string of the molecule is CCOc1ccc2c(=O)[nH]c(=O)oc2c1. The van der Waals surface area contributed by atoms with Crippen molar-refractivity contribution in [2.24, 2.45) is 0 Å². The average Bonchev–Trinajstić information content (AvgIpc) is 2.17. The molecule has 15 heavy (non-hydrogen) atoms. The van der Waals surface area contributed by atoms with Crippen LogP contribution in [0, 0.1) is 0 Å². The average molecular weight is 207 g/mol. The van der Waals surface area contributed by atoms with Gasteiger partial charge in [0.15, 0.2) is 0 Å². The second-order valence-corrected chi connectivity index (χ2v) is 2.93. The fourth-order valence-electron chi connectivity index (χ4n) is 1.32. The Kier molecular flexibility index (Phi) is 2.29. The van der Waals surface area contributed by atoms with E-state index in [1.807, 2.05) is 11.9 Å². The van der Waals surface area contributed by atoms with Crippen LogP contribution in [0.25, 0.3) is 11.0 Å². The summed E-state index contributed by atoms with van der Waals surface area (Å²) in [6.45, 7) is 2.36. The first kappa shape index (κ1) is 9.51. The molecule has 0 saturated heterocycles. The predicted molar refractivity (Wildman–Crippen MR) is 54.3 cm³/mol. The number of aromatic amines is 1. The number of rotatable bonds is 2. The molecule has 1 heterocycles. The maximum Gasteiger partial charge on any atom is 0.419 e. The molecule has 0 aliphatic carbocycles. The van der Waals surface area contributed by atoms with E-state index >= 15 is 0 Å². The maximum absolute atomic E-state index is 11.3. The molecule has 0 saturated carbocycles. The van der Waals surface area contributed by atoms with Gasteiger partial charge in [-0.1, -0.05) is 0 Å². The van der Waals surface area contributed by atoms with Gasteiger partial charge in [-0.3, -0.25) is 9.78 Å². The number of benzene rings is 1. The molecular formula is C10H9NO4. The van der Waals surface area contributed by atoms with E-state index in [9.17, 15) is 9.59 Å². The number of nitrogens with one attached hydrogen (secondary N) is 1. The summed E-state index contributed by atoms with van der Waals surface area (Å²) < 4.78 is 10.1. The number of hydrogen-bond acceptors (Lipinski definition) is 4. The lowest BCUT2D eigenvalue weighted by Crippen LogP contribution is -2.17. The van der Waals surface area contributed by atoms with Gasteiger partial charge in [0.05, 0.1) is 12.0 Å². The van der Waals surface area contributed by atoms with Crippen molar-refractivity contribution in [2.45, 2.75) is 6.92 Å². The summed E-state index contributed by atoms with van der Waals surface area (Å²) in [6.07, 6.45) is 0. The van der Waals surface area contributed by atoms with Crippen LogP contribution in [0.5, 0.6) is 5.75 Å². The Morgan fingerprint density at radius 3 is 2.93 bits per heavy atom. The quantitative estimate of drug-likeness (QED) is 0.793. The molecule has 5 nitrogen and oxygen atoms in total. The van der Waals surface area contributed by atoms with Crippen LogP contribution >= 0.6 is 0 Å². The van der Waals surface area contributed by atoms with Gasteiger partial charge in [0.2, 0.25) is 0 Å². The van der Waals surface area contributed by atoms with E-state index in [0.29, 0.717) is 17.7 Å². The van der Waals surface area contributed by atoms with E-state index in [1.165, 1.54) is 6.07 Å². The fourth-order valence-corrected chi connectivity index (χ4v) is 1.32. The Hall–Kier alpha value is -2.04. The van der Waals surface area contributed by atoms with Crippen molar-refractivity contribution < 1.29 is 9.15 Å². The second kappa shape index (κ2) is 3.61. The van der Waals surface area contributed by atoms with Gasteiger partial charge < -0.3 is 9.15 Å². The lowest BCUT2D eigenvalue weighted by atomic mass is 10.2. The van der Waals surface area contributed by atoms with E-state index in [-0.39, 0.29) is 5.58 Å². The first-order chi connectivity index (χ1) is 7.20. The zero-order valence-corrected chi connectivity index (χ0v) is 8.07. The molecule has 1 aromatic carbocycles. The Labute approximate surface area is 84.3 Å². The van der Waals surface area contributed by atoms with Gasteiger partial charge >= 0.3 is 5.76 Å². The minimum absolute atomic E-state index is 0.231. The third-order valence-electron chi connectivity index (χ3n) is 1.93. The third-order valence-corrected chi connectivity index (χ3v) is 1.93. The lowest BCUT2D eigenvalue weighted by molar-refractivity contribution is 0.340. The summed E-state index contributed by atoms with van der Waals surface area (Å²) in [5, 5.41) is 0.332. The Bertz CT molecular complexity index is 596. The third kappa shape index (κ3) is 1.76. The van der Waals surface area contributed by atoms with Gasteiger partial charge in [0.25, 0.3) is 5.56 Å². The number of H-pyrrole nitrogens is 1. The van der Waals surface area contributed by atoms with E-state index in [0.717, 1.165) is 0 Å². The molecule has 2 aromatic rings. The van der Waals surface area contributed by atoms with Crippen LogP contribution in [-0.4, -0.2) is 11.6 Å². The highest BCUT2D eigenvalue weighted by atomic mass is 16.5. The predicted octanol–water partition coefficient (Wildman–Crippen LogP) is 0.880. The minimum atomic E-state index is -0.763. The van der Waals surface area contributed by atoms with Crippen molar-refractivity contribution in [2.75, 3.05) is 6.61 Å². The van der Waals surface area contributed by atoms with Crippen molar-refractivity contribution in [3.63, 3.8) is 0 Å². The number of hydrogen-bond donors (Lipinski definition) is 1. The molecule has 0 atom stereocenters. The molecule has 0 aliphatic rings. The summed E-state index contributed by atoms with van der Waals surface area (Å²) >= 11 is 0. The molecule has 0 spiro atoms. The smallest absolute Gasteiger partial charge is 0.419 e. The number of aromatic nitrogens is 1. The molecule has 0 unspecified atom stereocenters. The monoisotopic (exact) mass is 207 g/mol. The van der Waals surface area contributed by atoms with Gasteiger partial charge in [-0.05, 0) is 19.1 Å². The van der Waals surface area contributed by atoms with Crippen LogP contribution in [0.2, 0.25) is 0 Å². The Balaban J connectivity index is 2.71. The summed E-state index contributed by atoms with van der Waals surface area (Å²) in [4.78, 5) is 24.3. The zero-order chi connectivity index (χ0) is 10.8. The summed E-state index contributed by atoms with van der Waals surface area (Å²) in [6, 6.07) is 4.73. The summed E-state index contributed by atoms with van der Waals surface area (Å²) in [5.41, 5.74) is -0.223. The molecule has 1 N–H and O–H groups in total. The minimum Gasteiger partial charge on any atom is -0.494 e. The summed E-state index contributed by atoms with van der Waals surface area (Å²) in [5.74, 6) is -0.195. The zero-order valence-electron chi connectivity index (χ0n) is 8.07. The second-order valence-electron chi connectivity index (χ2n) is 2.93. The van der Waals surface area contributed by atoms with Crippen molar-refractivity contribution in [1.29, 1.82) is 0 Å². The van der Waals surface area contributed by atoms with Crippen LogP contribution < -0.4 is 16.1 Å². The molecule has 0 aliphatic heterocycles. The van der Waals surface area contributed by atoms with Crippen LogP contribution in [0.3, 0.4) is 0 Å². The van der Waals surface area contributed by atoms with Crippen LogP contribution in [0.15, 0.2) is 32.2 Å². The van der Waals surface area contributed by atoms with Gasteiger partial charge in [-0.25, -0.2) is 4.79 Å². The van der Waals surface area contributed by atoms with Crippen molar-refractivity contribution in [3.05, 3.63) is 39.1 Å². The Morgan fingerprint density at radius 1 is 1.40 bits per heavy atom. The molecule has 78 valence electrons. The summed E-state index contributed by atoms with van der Waals surface area (Å²) in [7, 11) is 0. The molecular weight excluding hydrogens is 198 g/mol. The molecule has 2 rings (SSSR count). The lowest BCUT2D eigenvalue weighted by Gasteiger charge is -2.02. The normalized spacial score (nSPS) is 10.5. The Morgan fingerprint density at radius 2 is 2.20 bits per heavy atom. The van der Waals surface area contributed by atoms with E-state index in [2.05, 4.69) is 0 Å². The highest BCUT2D eigenvalue weighted by Crippen LogP contribution is 2.16. The van der Waals surface area contributed by atoms with Gasteiger partial charge in [-0.2, -0.15) is 0 Å². The molecule has 0 bridgehead atoms. The van der Waals surface area contributed by atoms with E-state index < -0.39 is 11.3 Å². The molecule has 5 heteroatoms. The highest BCUT2D eigenvalue weighted by molar-refractivity contribution is 5.76. The molecule has 1 aromatic heterocycles. The van der Waals surface area contributed by atoms with Gasteiger partial charge in [-0.15, -0.1) is 0 Å². The van der Waals surface area contributed by atoms with Crippen molar-refractivity contribution >= 4 is 11.0 Å². The largest absolute Gasteiger partial charge is 0.494 e.